The summed E-state index contributed by atoms with van der Waals surface area (Å²) in [5, 5.41) is 0. The minimum Gasteiger partial charge on any atom is -0.153 e. The van der Waals surface area contributed by atoms with E-state index in [1.165, 1.54) is 102 Å². The number of alkyl halides is 1. The highest BCUT2D eigenvalue weighted by Gasteiger charge is 2.30. The standard InChI is InChI=1S/C25H37Cl.H3P/c26-18-22-16-17-23(19-10-4-1-5-11-19)25(21-14-8-3-9-15-21)24(22)20-12-6-2-7-13-20;/h16-17,19-21H,1-15,18H2;1H3. The van der Waals surface area contributed by atoms with Crippen molar-refractivity contribution in [2.24, 2.45) is 0 Å². The van der Waals surface area contributed by atoms with Gasteiger partial charge in [0.25, 0.3) is 0 Å². The second-order valence-corrected chi connectivity index (χ2v) is 9.55. The minimum absolute atomic E-state index is 0. The number of benzene rings is 1. The van der Waals surface area contributed by atoms with Gasteiger partial charge in [0.05, 0.1) is 0 Å². The molecule has 1 aromatic carbocycles. The van der Waals surface area contributed by atoms with E-state index in [1.54, 1.807) is 11.1 Å². The molecule has 1 atom stereocenters. The predicted molar refractivity (Wildman–Crippen MR) is 125 cm³/mol. The molecule has 0 saturated heterocycles. The first-order valence-electron chi connectivity index (χ1n) is 11.6. The van der Waals surface area contributed by atoms with E-state index in [0.29, 0.717) is 5.88 Å². The monoisotopic (exact) mass is 406 g/mol. The zero-order valence-electron chi connectivity index (χ0n) is 17.3. The summed E-state index contributed by atoms with van der Waals surface area (Å²) in [6, 6.07) is 4.94. The molecule has 3 aliphatic carbocycles. The fourth-order valence-electron chi connectivity index (χ4n) is 6.30. The van der Waals surface area contributed by atoms with Gasteiger partial charge in [0.2, 0.25) is 0 Å². The predicted octanol–water partition coefficient (Wildman–Crippen LogP) is 8.63. The lowest BCUT2D eigenvalue weighted by atomic mass is 9.70. The van der Waals surface area contributed by atoms with Gasteiger partial charge in [-0.2, -0.15) is 9.90 Å². The van der Waals surface area contributed by atoms with Gasteiger partial charge in [-0.1, -0.05) is 69.9 Å². The maximum absolute atomic E-state index is 6.50. The third-order valence-corrected chi connectivity index (χ3v) is 7.91. The van der Waals surface area contributed by atoms with Crippen LogP contribution in [0.1, 0.15) is 136 Å². The summed E-state index contributed by atoms with van der Waals surface area (Å²) in [5.41, 5.74) is 6.79. The molecule has 1 unspecified atom stereocenters. The van der Waals surface area contributed by atoms with Crippen molar-refractivity contribution in [3.05, 3.63) is 34.4 Å². The van der Waals surface area contributed by atoms with E-state index in [1.807, 2.05) is 5.56 Å². The second-order valence-electron chi connectivity index (χ2n) is 9.28. The molecule has 0 nitrogen and oxygen atoms in total. The third kappa shape index (κ3) is 4.93. The van der Waals surface area contributed by atoms with Crippen molar-refractivity contribution >= 4 is 21.5 Å². The number of halogens is 1. The number of rotatable bonds is 4. The van der Waals surface area contributed by atoms with Gasteiger partial charge >= 0.3 is 0 Å². The Bertz CT molecular complexity index is 578. The van der Waals surface area contributed by atoms with E-state index in [-0.39, 0.29) is 9.90 Å². The van der Waals surface area contributed by atoms with Gasteiger partial charge in [0.1, 0.15) is 0 Å². The lowest BCUT2D eigenvalue weighted by molar-refractivity contribution is 0.403. The van der Waals surface area contributed by atoms with E-state index in [9.17, 15) is 0 Å². The lowest BCUT2D eigenvalue weighted by Crippen LogP contribution is -2.19. The molecule has 3 saturated carbocycles. The highest BCUT2D eigenvalue weighted by molar-refractivity contribution is 6.92. The molecule has 0 spiro atoms. The van der Waals surface area contributed by atoms with Crippen molar-refractivity contribution in [1.29, 1.82) is 0 Å². The highest BCUT2D eigenvalue weighted by atomic mass is 35.5. The average Bonchev–Trinajstić information content (AvgIpc) is 2.74. The average molecular weight is 407 g/mol. The van der Waals surface area contributed by atoms with Crippen LogP contribution < -0.4 is 0 Å². The topological polar surface area (TPSA) is 0 Å². The lowest BCUT2D eigenvalue weighted by Gasteiger charge is -2.35. The maximum atomic E-state index is 6.50. The molecule has 152 valence electrons. The van der Waals surface area contributed by atoms with Crippen LogP contribution in [0.3, 0.4) is 0 Å². The summed E-state index contributed by atoms with van der Waals surface area (Å²) in [6.07, 6.45) is 21.4. The van der Waals surface area contributed by atoms with Crippen LogP contribution in [0.25, 0.3) is 0 Å². The molecule has 3 aliphatic rings. The summed E-state index contributed by atoms with van der Waals surface area (Å²) in [6.45, 7) is 0. The van der Waals surface area contributed by atoms with Gasteiger partial charge in [-0.3, -0.25) is 0 Å². The molecule has 0 N–H and O–H groups in total. The van der Waals surface area contributed by atoms with Gasteiger partial charge in [-0.15, -0.1) is 11.6 Å². The van der Waals surface area contributed by atoms with Crippen molar-refractivity contribution in [2.75, 3.05) is 0 Å². The molecule has 0 aliphatic heterocycles. The normalized spacial score (nSPS) is 23.1. The number of hydrogen-bond donors (Lipinski definition) is 0. The fraction of sp³-hybridized carbons (Fsp3) is 0.760. The molecule has 0 radical (unpaired) electrons. The Morgan fingerprint density at radius 1 is 0.593 bits per heavy atom. The summed E-state index contributed by atoms with van der Waals surface area (Å²) >= 11 is 6.50. The Morgan fingerprint density at radius 3 is 1.52 bits per heavy atom. The molecule has 0 amide bonds. The van der Waals surface area contributed by atoms with Gasteiger partial charge in [0, 0.05) is 5.88 Å². The van der Waals surface area contributed by atoms with Crippen molar-refractivity contribution in [3.63, 3.8) is 0 Å². The van der Waals surface area contributed by atoms with Crippen LogP contribution in [0, 0.1) is 0 Å². The molecule has 2 heteroatoms. The maximum Gasteiger partial charge on any atom is 0.0477 e. The zero-order chi connectivity index (χ0) is 17.8. The second kappa shape index (κ2) is 10.6. The van der Waals surface area contributed by atoms with Crippen LogP contribution in [-0.2, 0) is 5.88 Å². The van der Waals surface area contributed by atoms with Crippen LogP contribution in [-0.4, -0.2) is 0 Å². The number of hydrogen-bond acceptors (Lipinski definition) is 0. The smallest absolute Gasteiger partial charge is 0.0477 e. The van der Waals surface area contributed by atoms with Crippen LogP contribution >= 0.6 is 21.5 Å². The molecule has 1 aromatic rings. The van der Waals surface area contributed by atoms with E-state index in [0.717, 1.165) is 17.8 Å². The van der Waals surface area contributed by atoms with Gasteiger partial charge in [-0.25, -0.2) is 0 Å². The molecular formula is C25H40ClP. The first kappa shape index (κ1) is 21.6. The first-order valence-corrected chi connectivity index (χ1v) is 12.1. The molecular weight excluding hydrogens is 367 g/mol. The minimum atomic E-state index is 0. The van der Waals surface area contributed by atoms with Crippen molar-refractivity contribution in [3.8, 4) is 0 Å². The molecule has 0 heterocycles. The molecule has 27 heavy (non-hydrogen) atoms. The highest BCUT2D eigenvalue weighted by Crippen LogP contribution is 2.47. The zero-order valence-corrected chi connectivity index (χ0v) is 19.5. The molecule has 0 bridgehead atoms. The SMILES string of the molecule is ClCc1ccc(C2CCCCC2)c(C2CCCCC2)c1C1CCCCC1.P. The molecule has 4 rings (SSSR count). The van der Waals surface area contributed by atoms with Crippen molar-refractivity contribution < 1.29 is 0 Å². The van der Waals surface area contributed by atoms with Crippen molar-refractivity contribution in [1.82, 2.24) is 0 Å². The Balaban J connectivity index is 0.00000210. The Labute approximate surface area is 175 Å². The van der Waals surface area contributed by atoms with Crippen LogP contribution in [0.5, 0.6) is 0 Å². The quantitative estimate of drug-likeness (QED) is 0.346. The van der Waals surface area contributed by atoms with Crippen molar-refractivity contribution in [2.45, 2.75) is 120 Å². The van der Waals surface area contributed by atoms with Crippen LogP contribution in [0.4, 0.5) is 0 Å². The Morgan fingerprint density at radius 2 is 1.04 bits per heavy atom. The van der Waals surface area contributed by atoms with Crippen LogP contribution in [0.15, 0.2) is 12.1 Å². The summed E-state index contributed by atoms with van der Waals surface area (Å²) < 4.78 is 0. The summed E-state index contributed by atoms with van der Waals surface area (Å²) in [4.78, 5) is 0. The Kier molecular flexibility index (Phi) is 8.53. The summed E-state index contributed by atoms with van der Waals surface area (Å²) in [5.74, 6) is 3.14. The summed E-state index contributed by atoms with van der Waals surface area (Å²) in [7, 11) is 0. The van der Waals surface area contributed by atoms with E-state index < -0.39 is 0 Å². The fourth-order valence-corrected chi connectivity index (χ4v) is 6.54. The van der Waals surface area contributed by atoms with E-state index in [4.69, 9.17) is 11.6 Å². The largest absolute Gasteiger partial charge is 0.153 e. The van der Waals surface area contributed by atoms with Gasteiger partial charge < -0.3 is 0 Å². The van der Waals surface area contributed by atoms with E-state index in [2.05, 4.69) is 12.1 Å². The van der Waals surface area contributed by atoms with E-state index >= 15 is 0 Å². The molecule has 0 aromatic heterocycles. The van der Waals surface area contributed by atoms with Gasteiger partial charge in [0.15, 0.2) is 0 Å². The first-order chi connectivity index (χ1) is 12.9. The molecule has 3 fully saturated rings. The Hall–Kier alpha value is -0.0600. The van der Waals surface area contributed by atoms with Crippen LogP contribution in [0.2, 0.25) is 0 Å². The third-order valence-electron chi connectivity index (χ3n) is 7.63. The van der Waals surface area contributed by atoms with Gasteiger partial charge in [-0.05, 0) is 78.5 Å².